The van der Waals surface area contributed by atoms with Crippen LogP contribution in [0.1, 0.15) is 15.9 Å². The number of carbonyl (C=O) groups is 1. The Labute approximate surface area is 130 Å². The van der Waals surface area contributed by atoms with Gasteiger partial charge < -0.3 is 5.32 Å². The fourth-order valence-electron chi connectivity index (χ4n) is 1.74. The van der Waals surface area contributed by atoms with Gasteiger partial charge in [-0.3, -0.25) is 4.79 Å². The van der Waals surface area contributed by atoms with Crippen molar-refractivity contribution in [3.8, 4) is 0 Å². The molecular weight excluding hydrogens is 315 g/mol. The number of hydrogen-bond acceptors (Lipinski definition) is 2. The summed E-state index contributed by atoms with van der Waals surface area (Å²) in [6.45, 7) is 0. The van der Waals surface area contributed by atoms with Gasteiger partial charge >= 0.3 is 6.18 Å². The third-order valence-electron chi connectivity index (χ3n) is 2.81. The van der Waals surface area contributed by atoms with Crippen LogP contribution in [0.2, 0.25) is 5.02 Å². The summed E-state index contributed by atoms with van der Waals surface area (Å²) < 4.78 is 38.1. The highest BCUT2D eigenvalue weighted by molar-refractivity contribution is 6.31. The van der Waals surface area contributed by atoms with Crippen LogP contribution in [0, 0.1) is 0 Å². The minimum Gasteiger partial charge on any atom is -0.362 e. The van der Waals surface area contributed by atoms with Crippen molar-refractivity contribution in [2.75, 3.05) is 5.32 Å². The smallest absolute Gasteiger partial charge is 0.362 e. The predicted molar refractivity (Wildman–Crippen MR) is 80.0 cm³/mol. The van der Waals surface area contributed by atoms with Gasteiger partial charge in [-0.2, -0.15) is 13.2 Å². The van der Waals surface area contributed by atoms with Crippen molar-refractivity contribution >= 4 is 23.1 Å². The fraction of sp³-hybridized carbons (Fsp3) is 0.0625. The lowest BCUT2D eigenvalue weighted by molar-refractivity contribution is -0.137. The topological polar surface area (TPSA) is 29.1 Å². The molecule has 0 atom stereocenters. The minimum absolute atomic E-state index is 0.189. The normalized spacial score (nSPS) is 11.6. The lowest BCUT2D eigenvalue weighted by Crippen LogP contribution is -2.06. The molecule has 0 saturated carbocycles. The molecule has 0 radical (unpaired) electrons. The standard InChI is InChI=1S/C16H11ClF3NO/c17-14-7-6-12(10-13(14)16(18,19)20)21-9-8-15(22)11-4-2-1-3-5-11/h1-10,21H/b9-8+. The number of halogens is 4. The molecule has 2 aromatic rings. The first-order valence-electron chi connectivity index (χ1n) is 6.27. The predicted octanol–water partition coefficient (Wildman–Crippen LogP) is 5.17. The van der Waals surface area contributed by atoms with Gasteiger partial charge in [0.1, 0.15) is 0 Å². The molecule has 114 valence electrons. The van der Waals surface area contributed by atoms with Crippen molar-refractivity contribution < 1.29 is 18.0 Å². The molecule has 2 rings (SSSR count). The van der Waals surface area contributed by atoms with Crippen LogP contribution in [0.25, 0.3) is 0 Å². The Bertz CT molecular complexity index is 696. The van der Waals surface area contributed by atoms with E-state index in [-0.39, 0.29) is 16.5 Å². The van der Waals surface area contributed by atoms with E-state index in [2.05, 4.69) is 5.32 Å². The van der Waals surface area contributed by atoms with Gasteiger partial charge in [-0.05, 0) is 18.2 Å². The van der Waals surface area contributed by atoms with E-state index in [1.807, 2.05) is 0 Å². The van der Waals surface area contributed by atoms with Crippen molar-refractivity contribution in [1.82, 2.24) is 0 Å². The molecule has 0 aliphatic carbocycles. The summed E-state index contributed by atoms with van der Waals surface area (Å²) in [4.78, 5) is 11.8. The van der Waals surface area contributed by atoms with Crippen LogP contribution in [-0.4, -0.2) is 5.78 Å². The Morgan fingerprint density at radius 3 is 2.41 bits per heavy atom. The van der Waals surface area contributed by atoms with Crippen molar-refractivity contribution in [3.05, 3.63) is 77.0 Å². The minimum atomic E-state index is -4.53. The summed E-state index contributed by atoms with van der Waals surface area (Å²) in [6.07, 6.45) is -1.99. The third kappa shape index (κ3) is 4.11. The average Bonchev–Trinajstić information content (AvgIpc) is 2.48. The summed E-state index contributed by atoms with van der Waals surface area (Å²) in [5.41, 5.74) is -0.247. The molecule has 1 N–H and O–H groups in total. The first-order chi connectivity index (χ1) is 10.4. The second-order valence-corrected chi connectivity index (χ2v) is 4.81. The highest BCUT2D eigenvalue weighted by Crippen LogP contribution is 2.36. The van der Waals surface area contributed by atoms with Crippen LogP contribution in [0.4, 0.5) is 18.9 Å². The number of ketones is 1. The zero-order valence-electron chi connectivity index (χ0n) is 11.2. The second-order valence-electron chi connectivity index (χ2n) is 4.40. The van der Waals surface area contributed by atoms with Gasteiger partial charge in [-0.1, -0.05) is 41.9 Å². The Morgan fingerprint density at radius 2 is 1.77 bits per heavy atom. The molecule has 0 fully saturated rings. The number of carbonyl (C=O) groups excluding carboxylic acids is 1. The number of rotatable bonds is 4. The van der Waals surface area contributed by atoms with Gasteiger partial charge in [0.25, 0.3) is 0 Å². The van der Waals surface area contributed by atoms with E-state index in [1.54, 1.807) is 30.3 Å². The number of anilines is 1. The first kappa shape index (κ1) is 16.1. The summed E-state index contributed by atoms with van der Waals surface area (Å²) >= 11 is 5.53. The molecule has 0 amide bonds. The average molecular weight is 326 g/mol. The molecule has 0 aromatic heterocycles. The summed E-state index contributed by atoms with van der Waals surface area (Å²) in [5, 5.41) is 2.25. The lowest BCUT2D eigenvalue weighted by Gasteiger charge is -2.10. The Hall–Kier alpha value is -2.27. The van der Waals surface area contributed by atoms with Crippen molar-refractivity contribution in [2.45, 2.75) is 6.18 Å². The molecule has 6 heteroatoms. The first-order valence-corrected chi connectivity index (χ1v) is 6.65. The van der Waals surface area contributed by atoms with Crippen LogP contribution in [0.15, 0.2) is 60.8 Å². The maximum atomic E-state index is 12.7. The largest absolute Gasteiger partial charge is 0.417 e. The van der Waals surface area contributed by atoms with E-state index in [0.717, 1.165) is 12.1 Å². The summed E-state index contributed by atoms with van der Waals surface area (Å²) in [7, 11) is 0. The van der Waals surface area contributed by atoms with Crippen molar-refractivity contribution in [2.24, 2.45) is 0 Å². The molecular formula is C16H11ClF3NO. The number of allylic oxidation sites excluding steroid dienone is 1. The van der Waals surface area contributed by atoms with E-state index >= 15 is 0 Å². The number of nitrogens with one attached hydrogen (secondary N) is 1. The highest BCUT2D eigenvalue weighted by atomic mass is 35.5. The zero-order chi connectivity index (χ0) is 16.2. The van der Waals surface area contributed by atoms with Crippen molar-refractivity contribution in [3.63, 3.8) is 0 Å². The van der Waals surface area contributed by atoms with E-state index in [0.29, 0.717) is 5.56 Å². The van der Waals surface area contributed by atoms with Gasteiger partial charge in [-0.15, -0.1) is 0 Å². The van der Waals surface area contributed by atoms with Crippen LogP contribution >= 0.6 is 11.6 Å². The van der Waals surface area contributed by atoms with Gasteiger partial charge in [0.05, 0.1) is 10.6 Å². The van der Waals surface area contributed by atoms with Crippen LogP contribution < -0.4 is 5.32 Å². The SMILES string of the molecule is O=C(/C=C/Nc1ccc(Cl)c(C(F)(F)F)c1)c1ccccc1. The molecule has 0 saturated heterocycles. The second kappa shape index (κ2) is 6.66. The molecule has 0 unspecified atom stereocenters. The van der Waals surface area contributed by atoms with Gasteiger partial charge in [0.2, 0.25) is 0 Å². The van der Waals surface area contributed by atoms with Crippen LogP contribution in [0.3, 0.4) is 0 Å². The Morgan fingerprint density at radius 1 is 1.09 bits per heavy atom. The maximum absolute atomic E-state index is 12.7. The Balaban J connectivity index is 2.09. The highest BCUT2D eigenvalue weighted by Gasteiger charge is 2.33. The number of benzene rings is 2. The quantitative estimate of drug-likeness (QED) is 0.621. The van der Waals surface area contributed by atoms with Crippen molar-refractivity contribution in [1.29, 1.82) is 0 Å². The third-order valence-corrected chi connectivity index (χ3v) is 3.14. The summed E-state index contributed by atoms with van der Waals surface area (Å²) in [5.74, 6) is -0.252. The maximum Gasteiger partial charge on any atom is 0.417 e. The van der Waals surface area contributed by atoms with E-state index in [9.17, 15) is 18.0 Å². The molecule has 0 aliphatic rings. The van der Waals surface area contributed by atoms with Crippen LogP contribution in [0.5, 0.6) is 0 Å². The number of hydrogen-bond donors (Lipinski definition) is 1. The molecule has 22 heavy (non-hydrogen) atoms. The Kier molecular flexibility index (Phi) is 4.88. The zero-order valence-corrected chi connectivity index (χ0v) is 11.9. The number of alkyl halides is 3. The molecule has 2 nitrogen and oxygen atoms in total. The van der Waals surface area contributed by atoms with Gasteiger partial charge in [-0.25, -0.2) is 0 Å². The molecule has 0 aliphatic heterocycles. The van der Waals surface area contributed by atoms with Crippen LogP contribution in [-0.2, 0) is 6.18 Å². The molecule has 0 bridgehead atoms. The monoisotopic (exact) mass is 325 g/mol. The van der Waals surface area contributed by atoms with E-state index in [1.165, 1.54) is 18.3 Å². The lowest BCUT2D eigenvalue weighted by atomic mass is 10.1. The molecule has 0 heterocycles. The van der Waals surface area contributed by atoms with Gasteiger partial charge in [0, 0.05) is 23.5 Å². The molecule has 2 aromatic carbocycles. The fourth-order valence-corrected chi connectivity index (χ4v) is 1.97. The van der Waals surface area contributed by atoms with E-state index in [4.69, 9.17) is 11.6 Å². The van der Waals surface area contributed by atoms with Gasteiger partial charge in [0.15, 0.2) is 5.78 Å². The molecule has 0 spiro atoms. The van der Waals surface area contributed by atoms with E-state index < -0.39 is 11.7 Å². The summed E-state index contributed by atoms with van der Waals surface area (Å²) in [6, 6.07) is 12.0.